The largest absolute Gasteiger partial charge is 0.274 e. The van der Waals surface area contributed by atoms with E-state index in [0.29, 0.717) is 27.7 Å². The fourth-order valence-corrected chi connectivity index (χ4v) is 2.74. The molecule has 0 spiro atoms. The van der Waals surface area contributed by atoms with E-state index in [1.165, 1.54) is 4.90 Å². The van der Waals surface area contributed by atoms with Crippen LogP contribution in [0.3, 0.4) is 0 Å². The Hall–Kier alpha value is -1.84. The van der Waals surface area contributed by atoms with Gasteiger partial charge in [0.1, 0.15) is 0 Å². The summed E-state index contributed by atoms with van der Waals surface area (Å²) in [5.41, 5.74) is 0.893. The number of benzene rings is 2. The third-order valence-corrected chi connectivity index (χ3v) is 4.41. The molecule has 0 aromatic heterocycles. The lowest BCUT2D eigenvalue weighted by molar-refractivity contribution is 0.0613. The predicted octanol–water partition coefficient (Wildman–Crippen LogP) is 5.86. The van der Waals surface area contributed by atoms with Gasteiger partial charge >= 0.3 is 0 Å². The summed E-state index contributed by atoms with van der Waals surface area (Å²) in [6, 6.07) is 13.1. The van der Waals surface area contributed by atoms with E-state index in [1.807, 2.05) is 0 Å². The van der Waals surface area contributed by atoms with E-state index in [9.17, 15) is 9.59 Å². The fraction of sp³-hybridized carbons (Fsp3) is 0.300. The van der Waals surface area contributed by atoms with Crippen molar-refractivity contribution in [2.45, 2.75) is 32.6 Å². The minimum Gasteiger partial charge on any atom is -0.274 e. The molecule has 0 heterocycles. The summed E-state index contributed by atoms with van der Waals surface area (Å²) in [5, 5.41) is 1.10. The van der Waals surface area contributed by atoms with Gasteiger partial charge in [-0.15, -0.1) is 0 Å². The normalized spacial score (nSPS) is 10.5. The van der Waals surface area contributed by atoms with Crippen LogP contribution in [-0.2, 0) is 0 Å². The van der Waals surface area contributed by atoms with Crippen LogP contribution in [0.2, 0.25) is 10.0 Å². The Bertz CT molecular complexity index is 654. The quantitative estimate of drug-likeness (QED) is 0.447. The van der Waals surface area contributed by atoms with Crippen LogP contribution in [0, 0.1) is 0 Å². The Morgan fingerprint density at radius 2 is 1.20 bits per heavy atom. The zero-order valence-electron chi connectivity index (χ0n) is 14.2. The summed E-state index contributed by atoms with van der Waals surface area (Å²) < 4.78 is 0. The van der Waals surface area contributed by atoms with Crippen molar-refractivity contribution in [1.29, 1.82) is 0 Å². The van der Waals surface area contributed by atoms with Gasteiger partial charge in [-0.3, -0.25) is 14.5 Å². The summed E-state index contributed by atoms with van der Waals surface area (Å²) >= 11 is 11.8. The van der Waals surface area contributed by atoms with Gasteiger partial charge in [0.05, 0.1) is 0 Å². The number of amides is 2. The highest BCUT2D eigenvalue weighted by Gasteiger charge is 2.23. The van der Waals surface area contributed by atoms with Gasteiger partial charge in [-0.2, -0.15) is 0 Å². The van der Waals surface area contributed by atoms with Crippen molar-refractivity contribution in [3.8, 4) is 0 Å². The van der Waals surface area contributed by atoms with Gasteiger partial charge in [-0.05, 0) is 55.0 Å². The van der Waals surface area contributed by atoms with Crippen LogP contribution in [0.5, 0.6) is 0 Å². The molecule has 0 unspecified atom stereocenters. The molecule has 2 aromatic carbocycles. The Kier molecular flexibility index (Phi) is 7.48. The number of halogens is 2. The Morgan fingerprint density at radius 3 is 1.60 bits per heavy atom. The minimum absolute atomic E-state index is 0.312. The van der Waals surface area contributed by atoms with Crippen LogP contribution in [-0.4, -0.2) is 23.3 Å². The van der Waals surface area contributed by atoms with Crippen LogP contribution in [0.25, 0.3) is 0 Å². The maximum atomic E-state index is 12.8. The number of rotatable bonds is 7. The fourth-order valence-electron chi connectivity index (χ4n) is 2.49. The third-order valence-electron chi connectivity index (χ3n) is 3.91. The molecule has 132 valence electrons. The van der Waals surface area contributed by atoms with Crippen molar-refractivity contribution in [3.05, 3.63) is 69.7 Å². The summed E-state index contributed by atoms with van der Waals surface area (Å²) in [5.74, 6) is -0.624. The molecule has 0 fully saturated rings. The number of carbonyl (C=O) groups is 2. The molecule has 0 radical (unpaired) electrons. The monoisotopic (exact) mass is 377 g/mol. The first-order valence-corrected chi connectivity index (χ1v) is 9.16. The molecule has 2 amide bonds. The molecule has 0 bridgehead atoms. The maximum Gasteiger partial charge on any atom is 0.260 e. The summed E-state index contributed by atoms with van der Waals surface area (Å²) in [6.07, 6.45) is 3.94. The molecule has 2 aromatic rings. The Balaban J connectivity index is 2.21. The molecule has 5 heteroatoms. The van der Waals surface area contributed by atoms with E-state index >= 15 is 0 Å². The molecule has 25 heavy (non-hydrogen) atoms. The summed E-state index contributed by atoms with van der Waals surface area (Å²) in [7, 11) is 0. The number of hydrogen-bond donors (Lipinski definition) is 0. The highest BCUT2D eigenvalue weighted by molar-refractivity contribution is 6.31. The van der Waals surface area contributed by atoms with Crippen molar-refractivity contribution in [2.75, 3.05) is 6.54 Å². The summed E-state index contributed by atoms with van der Waals surface area (Å²) in [4.78, 5) is 27.0. The van der Waals surface area contributed by atoms with E-state index in [1.54, 1.807) is 48.5 Å². The molecular weight excluding hydrogens is 357 g/mol. The maximum absolute atomic E-state index is 12.8. The van der Waals surface area contributed by atoms with E-state index in [2.05, 4.69) is 6.92 Å². The number of carbonyl (C=O) groups excluding carboxylic acids is 2. The highest BCUT2D eigenvalue weighted by Crippen LogP contribution is 2.16. The molecule has 2 rings (SSSR count). The second-order valence-electron chi connectivity index (χ2n) is 5.84. The van der Waals surface area contributed by atoms with Crippen LogP contribution in [0.15, 0.2) is 48.5 Å². The first-order valence-electron chi connectivity index (χ1n) is 8.40. The molecule has 0 saturated heterocycles. The Morgan fingerprint density at radius 1 is 0.760 bits per heavy atom. The average Bonchev–Trinajstić information content (AvgIpc) is 2.62. The highest BCUT2D eigenvalue weighted by atomic mass is 35.5. The van der Waals surface area contributed by atoms with Gasteiger partial charge < -0.3 is 0 Å². The molecule has 0 atom stereocenters. The molecular formula is C20H21Cl2NO2. The smallest absolute Gasteiger partial charge is 0.260 e. The average molecular weight is 378 g/mol. The third kappa shape index (κ3) is 5.58. The van der Waals surface area contributed by atoms with Crippen LogP contribution in [0.4, 0.5) is 0 Å². The Labute approximate surface area is 158 Å². The van der Waals surface area contributed by atoms with Gasteiger partial charge in [0.2, 0.25) is 0 Å². The lowest BCUT2D eigenvalue weighted by Crippen LogP contribution is -2.37. The van der Waals surface area contributed by atoms with Crippen molar-refractivity contribution in [1.82, 2.24) is 4.90 Å². The summed E-state index contributed by atoms with van der Waals surface area (Å²) in [6.45, 7) is 2.51. The first-order chi connectivity index (χ1) is 12.0. The van der Waals surface area contributed by atoms with Gasteiger partial charge in [0.15, 0.2) is 0 Å². The van der Waals surface area contributed by atoms with Gasteiger partial charge in [-0.25, -0.2) is 0 Å². The van der Waals surface area contributed by atoms with E-state index in [-0.39, 0.29) is 11.8 Å². The van der Waals surface area contributed by atoms with E-state index < -0.39 is 0 Å². The first kappa shape index (κ1) is 19.5. The molecule has 0 saturated carbocycles. The topological polar surface area (TPSA) is 37.4 Å². The van der Waals surface area contributed by atoms with Crippen LogP contribution in [0.1, 0.15) is 53.3 Å². The van der Waals surface area contributed by atoms with Crippen molar-refractivity contribution >= 4 is 35.0 Å². The van der Waals surface area contributed by atoms with Gasteiger partial charge in [0.25, 0.3) is 11.8 Å². The molecule has 0 N–H and O–H groups in total. The lowest BCUT2D eigenvalue weighted by Gasteiger charge is -2.21. The second kappa shape index (κ2) is 9.59. The van der Waals surface area contributed by atoms with Crippen LogP contribution < -0.4 is 0 Å². The molecule has 0 aliphatic carbocycles. The SMILES string of the molecule is CCCCCCN(C(=O)c1ccc(Cl)cc1)C(=O)c1ccc(Cl)cc1. The number of nitrogens with zero attached hydrogens (tertiary/aromatic N) is 1. The number of hydrogen-bond acceptors (Lipinski definition) is 2. The minimum atomic E-state index is -0.312. The van der Waals surface area contributed by atoms with Crippen molar-refractivity contribution in [3.63, 3.8) is 0 Å². The zero-order chi connectivity index (χ0) is 18.2. The van der Waals surface area contributed by atoms with Crippen molar-refractivity contribution in [2.24, 2.45) is 0 Å². The molecule has 3 nitrogen and oxygen atoms in total. The number of unbranched alkanes of at least 4 members (excludes halogenated alkanes) is 3. The van der Waals surface area contributed by atoms with Crippen molar-refractivity contribution < 1.29 is 9.59 Å². The van der Waals surface area contributed by atoms with E-state index in [4.69, 9.17) is 23.2 Å². The second-order valence-corrected chi connectivity index (χ2v) is 6.71. The lowest BCUT2D eigenvalue weighted by atomic mass is 10.1. The van der Waals surface area contributed by atoms with Crippen LogP contribution >= 0.6 is 23.2 Å². The standard InChI is InChI=1S/C20H21Cl2NO2/c1-2-3-4-5-14-23(19(24)15-6-10-17(21)11-7-15)20(25)16-8-12-18(22)13-9-16/h6-13H,2-5,14H2,1H3. The van der Waals surface area contributed by atoms with Gasteiger partial charge in [-0.1, -0.05) is 49.4 Å². The predicted molar refractivity (Wildman–Crippen MR) is 102 cm³/mol. The molecule has 0 aliphatic rings. The van der Waals surface area contributed by atoms with Gasteiger partial charge in [0, 0.05) is 27.7 Å². The number of imide groups is 1. The zero-order valence-corrected chi connectivity index (χ0v) is 15.7. The van der Waals surface area contributed by atoms with E-state index in [0.717, 1.165) is 25.7 Å². The molecule has 0 aliphatic heterocycles.